The lowest BCUT2D eigenvalue weighted by Crippen LogP contribution is -2.44. The normalized spacial score (nSPS) is 11.8. The molecule has 2 aromatic carbocycles. The van der Waals surface area contributed by atoms with Gasteiger partial charge in [-0.2, -0.15) is 0 Å². The average Bonchev–Trinajstić information content (AvgIpc) is 2.74. The Kier molecular flexibility index (Phi) is 9.56. The fraction of sp³-hybridized carbons (Fsp3) is 0.455. The Balaban J connectivity index is 1.67. The van der Waals surface area contributed by atoms with Crippen LogP contribution >= 0.6 is 0 Å². The number of non-ortho nitro benzene ring substituents is 2. The number of hydrogen-bond acceptors (Lipinski definition) is 7. The molecule has 0 saturated carbocycles. The molecule has 0 saturated heterocycles. The van der Waals surface area contributed by atoms with Gasteiger partial charge in [0.2, 0.25) is 0 Å². The third-order valence-electron chi connectivity index (χ3n) is 5.03. The van der Waals surface area contributed by atoms with Crippen LogP contribution in [0.5, 0.6) is 11.5 Å². The molecule has 33 heavy (non-hydrogen) atoms. The molecule has 0 spiro atoms. The molecule has 0 aliphatic rings. The second-order valence-electron chi connectivity index (χ2n) is 9.03. The van der Waals surface area contributed by atoms with Gasteiger partial charge in [-0.3, -0.25) is 20.2 Å². The number of nitro groups is 2. The molecule has 0 atom stereocenters. The predicted molar refractivity (Wildman–Crippen MR) is 132 cm³/mol. The van der Waals surface area contributed by atoms with E-state index in [9.17, 15) is 20.2 Å². The van der Waals surface area contributed by atoms with E-state index in [4.69, 9.17) is 13.6 Å². The molecule has 0 N–H and O–H groups in total. The zero-order valence-electron chi connectivity index (χ0n) is 19.6. The summed E-state index contributed by atoms with van der Waals surface area (Å²) in [6.45, 7) is 9.98. The highest BCUT2D eigenvalue weighted by Crippen LogP contribution is 2.25. The summed E-state index contributed by atoms with van der Waals surface area (Å²) >= 11 is 0. The van der Waals surface area contributed by atoms with Crippen LogP contribution in [0.25, 0.3) is 0 Å². The van der Waals surface area contributed by atoms with Crippen LogP contribution in [0.3, 0.4) is 0 Å². The summed E-state index contributed by atoms with van der Waals surface area (Å²) in [6.07, 6.45) is 1.73. The standard InChI is InChI=1S/C22H32N2O7Si2/c1-32(2,17-5-15-29-21-11-7-19(8-12-21)23(25)26)31-33(3,4)18-6-16-30-22-13-9-20(10-14-22)24(27)28/h7-14H,5-6,15-18H2,1-4H3. The van der Waals surface area contributed by atoms with Crippen molar-refractivity contribution >= 4 is 28.0 Å². The molecule has 2 aromatic rings. The lowest BCUT2D eigenvalue weighted by atomic mass is 10.3. The fourth-order valence-corrected chi connectivity index (χ4v) is 12.3. The Morgan fingerprint density at radius 3 is 1.30 bits per heavy atom. The predicted octanol–water partition coefficient (Wildman–Crippen LogP) is 6.17. The van der Waals surface area contributed by atoms with Gasteiger partial charge in [-0.25, -0.2) is 0 Å². The smallest absolute Gasteiger partial charge is 0.269 e. The second kappa shape index (κ2) is 11.9. The maximum atomic E-state index is 10.7. The summed E-state index contributed by atoms with van der Waals surface area (Å²) in [5.41, 5.74) is 0.101. The van der Waals surface area contributed by atoms with Gasteiger partial charge < -0.3 is 13.6 Å². The van der Waals surface area contributed by atoms with Crippen molar-refractivity contribution in [2.75, 3.05) is 13.2 Å². The highest BCUT2D eigenvalue weighted by molar-refractivity contribution is 6.84. The molecule has 0 heterocycles. The zero-order valence-corrected chi connectivity index (χ0v) is 21.6. The topological polar surface area (TPSA) is 114 Å². The minimum atomic E-state index is -1.85. The number of benzene rings is 2. The maximum Gasteiger partial charge on any atom is 0.269 e. The van der Waals surface area contributed by atoms with Gasteiger partial charge in [0.1, 0.15) is 11.5 Å². The van der Waals surface area contributed by atoms with Crippen molar-refractivity contribution in [1.29, 1.82) is 0 Å². The third-order valence-corrected chi connectivity index (χ3v) is 12.6. The Hall–Kier alpha value is -2.77. The number of ether oxygens (including phenoxy) is 2. The van der Waals surface area contributed by atoms with E-state index >= 15 is 0 Å². The second-order valence-corrected chi connectivity index (χ2v) is 17.9. The van der Waals surface area contributed by atoms with E-state index < -0.39 is 26.5 Å². The van der Waals surface area contributed by atoms with Gasteiger partial charge in [0.15, 0.2) is 16.6 Å². The van der Waals surface area contributed by atoms with E-state index in [-0.39, 0.29) is 11.4 Å². The van der Waals surface area contributed by atoms with Crippen molar-refractivity contribution in [3.05, 3.63) is 68.8 Å². The van der Waals surface area contributed by atoms with Crippen molar-refractivity contribution in [1.82, 2.24) is 0 Å². The van der Waals surface area contributed by atoms with Gasteiger partial charge >= 0.3 is 0 Å². The highest BCUT2D eigenvalue weighted by Gasteiger charge is 2.32. The van der Waals surface area contributed by atoms with Crippen LogP contribution in [0, 0.1) is 20.2 Å². The van der Waals surface area contributed by atoms with E-state index in [1.165, 1.54) is 24.3 Å². The van der Waals surface area contributed by atoms with Crippen LogP contribution < -0.4 is 9.47 Å². The van der Waals surface area contributed by atoms with Gasteiger partial charge in [-0.05, 0) is 75.4 Å². The van der Waals surface area contributed by atoms with Gasteiger partial charge in [-0.1, -0.05) is 0 Å². The SMILES string of the molecule is C[Si](C)(CCCOc1ccc([N+](=O)[O-])cc1)O[Si](C)(C)CCCOc1ccc([N+](=O)[O-])cc1. The van der Waals surface area contributed by atoms with Crippen LogP contribution in [0.4, 0.5) is 11.4 Å². The van der Waals surface area contributed by atoms with Crippen molar-refractivity contribution < 1.29 is 23.4 Å². The third kappa shape index (κ3) is 9.72. The molecule has 0 fully saturated rings. The molecule has 180 valence electrons. The number of hydrogen-bond donors (Lipinski definition) is 0. The van der Waals surface area contributed by atoms with E-state index in [1.807, 2.05) is 0 Å². The molecule has 0 amide bonds. The first-order valence-corrected chi connectivity index (χ1v) is 17.2. The molecule has 0 aliphatic heterocycles. The highest BCUT2D eigenvalue weighted by atomic mass is 28.4. The van der Waals surface area contributed by atoms with Crippen molar-refractivity contribution in [2.45, 2.75) is 51.1 Å². The molecule has 0 radical (unpaired) electrons. The van der Waals surface area contributed by atoms with Crippen molar-refractivity contribution in [2.24, 2.45) is 0 Å². The van der Waals surface area contributed by atoms with Crippen molar-refractivity contribution in [3.63, 3.8) is 0 Å². The minimum Gasteiger partial charge on any atom is -0.494 e. The molecule has 9 nitrogen and oxygen atoms in total. The molecular weight excluding hydrogens is 460 g/mol. The monoisotopic (exact) mass is 492 g/mol. The lowest BCUT2D eigenvalue weighted by Gasteiger charge is -2.34. The van der Waals surface area contributed by atoms with E-state index in [0.717, 1.165) is 24.9 Å². The Labute approximate surface area is 196 Å². The zero-order chi connectivity index (χ0) is 24.5. The van der Waals surface area contributed by atoms with Gasteiger partial charge in [0.05, 0.1) is 23.1 Å². The van der Waals surface area contributed by atoms with Gasteiger partial charge in [0, 0.05) is 24.3 Å². The Morgan fingerprint density at radius 1 is 0.667 bits per heavy atom. The largest absolute Gasteiger partial charge is 0.494 e. The molecular formula is C22H32N2O7Si2. The van der Waals surface area contributed by atoms with Crippen LogP contribution in [0.2, 0.25) is 38.3 Å². The van der Waals surface area contributed by atoms with Gasteiger partial charge in [0.25, 0.3) is 11.4 Å². The Morgan fingerprint density at radius 2 is 1.00 bits per heavy atom. The first-order valence-electron chi connectivity index (χ1n) is 10.9. The van der Waals surface area contributed by atoms with Gasteiger partial charge in [-0.15, -0.1) is 0 Å². The van der Waals surface area contributed by atoms with Crippen molar-refractivity contribution in [3.8, 4) is 11.5 Å². The van der Waals surface area contributed by atoms with E-state index in [1.54, 1.807) is 24.3 Å². The number of nitro benzene ring substituents is 2. The molecule has 0 bridgehead atoms. The number of nitrogens with zero attached hydrogens (tertiary/aromatic N) is 2. The first kappa shape index (κ1) is 26.5. The molecule has 2 rings (SSSR count). The summed E-state index contributed by atoms with van der Waals surface area (Å²) in [7, 11) is -3.71. The maximum absolute atomic E-state index is 10.7. The van der Waals surface area contributed by atoms with Crippen LogP contribution in [-0.4, -0.2) is 39.7 Å². The molecule has 0 aromatic heterocycles. The molecule has 0 aliphatic carbocycles. The average molecular weight is 493 g/mol. The summed E-state index contributed by atoms with van der Waals surface area (Å²) in [6, 6.07) is 14.2. The molecule has 11 heteroatoms. The van der Waals surface area contributed by atoms with E-state index in [2.05, 4.69) is 26.2 Å². The summed E-state index contributed by atoms with van der Waals surface area (Å²) in [4.78, 5) is 20.6. The molecule has 0 unspecified atom stereocenters. The summed E-state index contributed by atoms with van der Waals surface area (Å²) in [5.74, 6) is 1.26. The Bertz CT molecular complexity index is 844. The number of rotatable bonds is 14. The lowest BCUT2D eigenvalue weighted by molar-refractivity contribution is -0.385. The fourth-order valence-electron chi connectivity index (χ4n) is 3.55. The summed E-state index contributed by atoms with van der Waals surface area (Å²) in [5, 5.41) is 21.4. The quantitative estimate of drug-likeness (QED) is 0.134. The van der Waals surface area contributed by atoms with Crippen LogP contribution in [-0.2, 0) is 4.12 Å². The summed E-state index contributed by atoms with van der Waals surface area (Å²) < 4.78 is 18.1. The van der Waals surface area contributed by atoms with E-state index in [0.29, 0.717) is 24.7 Å². The van der Waals surface area contributed by atoms with Crippen LogP contribution in [0.15, 0.2) is 48.5 Å². The van der Waals surface area contributed by atoms with Crippen LogP contribution in [0.1, 0.15) is 12.8 Å². The first-order chi connectivity index (χ1) is 15.5. The minimum absolute atomic E-state index is 0.0506.